The summed E-state index contributed by atoms with van der Waals surface area (Å²) in [6.45, 7) is 1.62. The van der Waals surface area contributed by atoms with E-state index in [4.69, 9.17) is 5.73 Å². The lowest BCUT2D eigenvalue weighted by molar-refractivity contribution is -0.117. The molecule has 140 valence electrons. The SMILES string of the molecule is C[C@@H](N)C(=O)Nc1ccnc2[nH]c(-c3ccc(F)cc3)c(-c3ccncc3)c12. The quantitative estimate of drug-likeness (QED) is 0.506. The van der Waals surface area contributed by atoms with Gasteiger partial charge in [0.25, 0.3) is 0 Å². The molecule has 0 aliphatic carbocycles. The lowest BCUT2D eigenvalue weighted by Gasteiger charge is -2.11. The van der Waals surface area contributed by atoms with Crippen molar-refractivity contribution in [3.63, 3.8) is 0 Å². The van der Waals surface area contributed by atoms with Crippen LogP contribution >= 0.6 is 0 Å². The molecule has 1 aromatic carbocycles. The Balaban J connectivity index is 2.00. The molecule has 1 amide bonds. The van der Waals surface area contributed by atoms with Gasteiger partial charge in [-0.3, -0.25) is 9.78 Å². The van der Waals surface area contributed by atoms with Crippen molar-refractivity contribution in [2.24, 2.45) is 5.73 Å². The van der Waals surface area contributed by atoms with Gasteiger partial charge in [-0.15, -0.1) is 0 Å². The van der Waals surface area contributed by atoms with Gasteiger partial charge in [-0.2, -0.15) is 0 Å². The highest BCUT2D eigenvalue weighted by atomic mass is 19.1. The number of anilines is 1. The minimum atomic E-state index is -0.650. The van der Waals surface area contributed by atoms with E-state index in [0.717, 1.165) is 27.8 Å². The Labute approximate surface area is 160 Å². The van der Waals surface area contributed by atoms with E-state index in [1.807, 2.05) is 12.1 Å². The van der Waals surface area contributed by atoms with Gasteiger partial charge in [0.1, 0.15) is 11.5 Å². The number of halogens is 1. The number of aromatic nitrogens is 3. The highest BCUT2D eigenvalue weighted by molar-refractivity contribution is 6.12. The Kier molecular flexibility index (Phi) is 4.58. The summed E-state index contributed by atoms with van der Waals surface area (Å²) in [4.78, 5) is 24.0. The maximum absolute atomic E-state index is 13.4. The van der Waals surface area contributed by atoms with Crippen LogP contribution in [0.3, 0.4) is 0 Å². The van der Waals surface area contributed by atoms with Gasteiger partial charge in [0.2, 0.25) is 5.91 Å². The van der Waals surface area contributed by atoms with Crippen LogP contribution in [0.5, 0.6) is 0 Å². The maximum atomic E-state index is 13.4. The van der Waals surface area contributed by atoms with Gasteiger partial charge in [0.15, 0.2) is 0 Å². The molecule has 3 heterocycles. The molecule has 4 aromatic rings. The van der Waals surface area contributed by atoms with Gasteiger partial charge in [-0.1, -0.05) is 0 Å². The molecule has 0 radical (unpaired) electrons. The second-order valence-electron chi connectivity index (χ2n) is 6.48. The molecule has 0 bridgehead atoms. The zero-order valence-corrected chi connectivity index (χ0v) is 15.1. The highest BCUT2D eigenvalue weighted by Gasteiger charge is 2.20. The molecule has 28 heavy (non-hydrogen) atoms. The third-order valence-corrected chi connectivity index (χ3v) is 4.47. The molecule has 0 unspecified atom stereocenters. The monoisotopic (exact) mass is 375 g/mol. The zero-order valence-electron chi connectivity index (χ0n) is 15.1. The standard InChI is InChI=1S/C21H18FN5O/c1-12(23)21(28)26-16-8-11-25-20-18(16)17(13-6-9-24-10-7-13)19(27-20)14-2-4-15(22)5-3-14/h2-12H,23H2,1H3,(H2,25,26,27,28)/t12-/m1/s1. The van der Waals surface area contributed by atoms with Crippen molar-refractivity contribution in [2.45, 2.75) is 13.0 Å². The summed E-state index contributed by atoms with van der Waals surface area (Å²) in [7, 11) is 0. The number of hydrogen-bond donors (Lipinski definition) is 3. The van der Waals surface area contributed by atoms with Crippen LogP contribution in [0.1, 0.15) is 6.92 Å². The first-order valence-corrected chi connectivity index (χ1v) is 8.78. The van der Waals surface area contributed by atoms with Crippen LogP contribution in [0.4, 0.5) is 10.1 Å². The number of benzene rings is 1. The summed E-state index contributed by atoms with van der Waals surface area (Å²) in [6, 6.07) is 11.0. The predicted octanol–water partition coefficient (Wildman–Crippen LogP) is 3.72. The first-order chi connectivity index (χ1) is 13.5. The first kappa shape index (κ1) is 17.8. The third kappa shape index (κ3) is 3.23. The average Bonchev–Trinajstić information content (AvgIpc) is 3.09. The second kappa shape index (κ2) is 7.21. The van der Waals surface area contributed by atoms with Crippen LogP contribution in [0.15, 0.2) is 61.1 Å². The van der Waals surface area contributed by atoms with Crippen molar-refractivity contribution in [1.29, 1.82) is 0 Å². The molecule has 0 saturated heterocycles. The minimum Gasteiger partial charge on any atom is -0.339 e. The third-order valence-electron chi connectivity index (χ3n) is 4.47. The topological polar surface area (TPSA) is 96.7 Å². The largest absolute Gasteiger partial charge is 0.339 e. The second-order valence-corrected chi connectivity index (χ2v) is 6.48. The predicted molar refractivity (Wildman–Crippen MR) is 107 cm³/mol. The zero-order chi connectivity index (χ0) is 19.7. The van der Waals surface area contributed by atoms with E-state index in [-0.39, 0.29) is 11.7 Å². The number of fused-ring (bicyclic) bond motifs is 1. The molecule has 0 aliphatic heterocycles. The number of carbonyl (C=O) groups is 1. The van der Waals surface area contributed by atoms with Crippen LogP contribution < -0.4 is 11.1 Å². The van der Waals surface area contributed by atoms with Crippen LogP contribution in [0.2, 0.25) is 0 Å². The summed E-state index contributed by atoms with van der Waals surface area (Å²) in [5.74, 6) is -0.606. The van der Waals surface area contributed by atoms with Crippen molar-refractivity contribution in [2.75, 3.05) is 5.32 Å². The summed E-state index contributed by atoms with van der Waals surface area (Å²) in [5, 5.41) is 3.62. The number of rotatable bonds is 4. The Hall–Kier alpha value is -3.58. The molecule has 4 N–H and O–H groups in total. The smallest absolute Gasteiger partial charge is 0.241 e. The highest BCUT2D eigenvalue weighted by Crippen LogP contribution is 2.40. The molecule has 0 saturated carbocycles. The summed E-state index contributed by atoms with van der Waals surface area (Å²) < 4.78 is 13.4. The van der Waals surface area contributed by atoms with Crippen molar-refractivity contribution < 1.29 is 9.18 Å². The number of nitrogens with zero attached hydrogens (tertiary/aromatic N) is 2. The van der Waals surface area contributed by atoms with Crippen LogP contribution in [0.25, 0.3) is 33.4 Å². The van der Waals surface area contributed by atoms with Crippen LogP contribution in [-0.2, 0) is 4.79 Å². The van der Waals surface area contributed by atoms with Crippen molar-refractivity contribution in [3.05, 3.63) is 66.9 Å². The molecule has 7 heteroatoms. The van der Waals surface area contributed by atoms with Crippen molar-refractivity contribution >= 4 is 22.6 Å². The van der Waals surface area contributed by atoms with Crippen molar-refractivity contribution in [1.82, 2.24) is 15.0 Å². The van der Waals surface area contributed by atoms with E-state index in [1.54, 1.807) is 43.7 Å². The maximum Gasteiger partial charge on any atom is 0.241 e. The van der Waals surface area contributed by atoms with Gasteiger partial charge < -0.3 is 16.0 Å². The fourth-order valence-corrected chi connectivity index (χ4v) is 3.11. The van der Waals surface area contributed by atoms with Gasteiger partial charge in [-0.25, -0.2) is 9.37 Å². The number of aromatic amines is 1. The molecule has 0 aliphatic rings. The Morgan fingerprint density at radius 2 is 1.79 bits per heavy atom. The van der Waals surface area contributed by atoms with E-state index in [2.05, 4.69) is 20.3 Å². The fraction of sp³-hybridized carbons (Fsp3) is 0.0952. The molecule has 0 spiro atoms. The van der Waals surface area contributed by atoms with E-state index in [1.165, 1.54) is 12.1 Å². The normalized spacial score (nSPS) is 12.1. The van der Waals surface area contributed by atoms with Gasteiger partial charge >= 0.3 is 0 Å². The van der Waals surface area contributed by atoms with E-state index < -0.39 is 6.04 Å². The number of pyridine rings is 2. The summed E-state index contributed by atoms with van der Waals surface area (Å²) >= 11 is 0. The number of hydrogen-bond acceptors (Lipinski definition) is 4. The Morgan fingerprint density at radius 3 is 2.46 bits per heavy atom. The lowest BCUT2D eigenvalue weighted by atomic mass is 9.99. The molecular formula is C21H18FN5O. The van der Waals surface area contributed by atoms with Crippen LogP contribution in [0, 0.1) is 5.82 Å². The van der Waals surface area contributed by atoms with Gasteiger partial charge in [0, 0.05) is 24.2 Å². The van der Waals surface area contributed by atoms with Crippen LogP contribution in [-0.4, -0.2) is 26.9 Å². The lowest BCUT2D eigenvalue weighted by Crippen LogP contribution is -2.32. The number of nitrogens with two attached hydrogens (primary N) is 1. The van der Waals surface area contributed by atoms with Gasteiger partial charge in [-0.05, 0) is 60.5 Å². The minimum absolute atomic E-state index is 0.294. The molecule has 0 fully saturated rings. The molecule has 6 nitrogen and oxygen atoms in total. The Morgan fingerprint density at radius 1 is 1.07 bits per heavy atom. The van der Waals surface area contributed by atoms with E-state index in [0.29, 0.717) is 11.3 Å². The average molecular weight is 375 g/mol. The molecule has 1 atom stereocenters. The van der Waals surface area contributed by atoms with Crippen molar-refractivity contribution in [3.8, 4) is 22.4 Å². The van der Waals surface area contributed by atoms with Gasteiger partial charge in [0.05, 0.1) is 22.8 Å². The molecule has 4 rings (SSSR count). The number of amides is 1. The number of H-pyrrole nitrogens is 1. The van der Waals surface area contributed by atoms with E-state index >= 15 is 0 Å². The Bertz CT molecular complexity index is 1140. The van der Waals surface area contributed by atoms with E-state index in [9.17, 15) is 9.18 Å². The number of carbonyl (C=O) groups excluding carboxylic acids is 1. The fourth-order valence-electron chi connectivity index (χ4n) is 3.11. The molecular weight excluding hydrogens is 357 g/mol. The molecule has 3 aromatic heterocycles. The first-order valence-electron chi connectivity index (χ1n) is 8.78. The summed E-state index contributed by atoms with van der Waals surface area (Å²) in [6.07, 6.45) is 5.00. The number of nitrogens with one attached hydrogen (secondary N) is 2. The summed E-state index contributed by atoms with van der Waals surface area (Å²) in [5.41, 5.74) is 10.2.